The number of carbonyl (C=O) groups excluding carboxylic acids is 2. The monoisotopic (exact) mass is 321 g/mol. The number of hydrogen-bond acceptors (Lipinski definition) is 3. The molecule has 3 rings (SSSR count). The largest absolute Gasteiger partial charge is 0.369 e. The Balaban J connectivity index is 1.57. The standard InChI is InChI=1S/C18H31N3O2/c1-13-4-6-15(7-5-13)21(16-8-9-16)12-17(22)20-10-2-3-14(11-20)18(19)23/h13-16H,2-12H2,1H3,(H2,19,23). The Morgan fingerprint density at radius 1 is 1.04 bits per heavy atom. The summed E-state index contributed by atoms with van der Waals surface area (Å²) >= 11 is 0. The maximum absolute atomic E-state index is 12.7. The predicted octanol–water partition coefficient (Wildman–Crippen LogP) is 1.75. The first-order valence-corrected chi connectivity index (χ1v) is 9.37. The van der Waals surface area contributed by atoms with Gasteiger partial charge in [-0.25, -0.2) is 0 Å². The molecule has 0 aromatic heterocycles. The van der Waals surface area contributed by atoms with E-state index < -0.39 is 0 Å². The quantitative estimate of drug-likeness (QED) is 0.839. The SMILES string of the molecule is CC1CCC(N(CC(=O)N2CCCC(C(N)=O)C2)C2CC2)CC1. The van der Waals surface area contributed by atoms with E-state index in [2.05, 4.69) is 11.8 Å². The molecule has 130 valence electrons. The van der Waals surface area contributed by atoms with Crippen LogP contribution in [0.25, 0.3) is 0 Å². The third kappa shape index (κ3) is 4.25. The average Bonchev–Trinajstić information content (AvgIpc) is 3.38. The minimum atomic E-state index is -0.261. The predicted molar refractivity (Wildman–Crippen MR) is 89.6 cm³/mol. The van der Waals surface area contributed by atoms with E-state index in [-0.39, 0.29) is 17.7 Å². The van der Waals surface area contributed by atoms with Gasteiger partial charge < -0.3 is 10.6 Å². The summed E-state index contributed by atoms with van der Waals surface area (Å²) in [5.41, 5.74) is 5.43. The number of hydrogen-bond donors (Lipinski definition) is 1. The van der Waals surface area contributed by atoms with Crippen molar-refractivity contribution in [2.45, 2.75) is 70.4 Å². The van der Waals surface area contributed by atoms with E-state index >= 15 is 0 Å². The van der Waals surface area contributed by atoms with Crippen molar-refractivity contribution < 1.29 is 9.59 Å². The minimum absolute atomic E-state index is 0.155. The molecular weight excluding hydrogens is 290 g/mol. The molecule has 5 heteroatoms. The maximum Gasteiger partial charge on any atom is 0.236 e. The number of rotatable bonds is 5. The van der Waals surface area contributed by atoms with E-state index in [4.69, 9.17) is 5.73 Å². The summed E-state index contributed by atoms with van der Waals surface area (Å²) in [6.45, 7) is 4.17. The second kappa shape index (κ2) is 7.20. The lowest BCUT2D eigenvalue weighted by Crippen LogP contribution is -2.50. The third-order valence-electron chi connectivity index (χ3n) is 5.96. The molecule has 2 saturated carbocycles. The van der Waals surface area contributed by atoms with Crippen LogP contribution in [0.3, 0.4) is 0 Å². The molecule has 1 aliphatic heterocycles. The zero-order chi connectivity index (χ0) is 16.4. The van der Waals surface area contributed by atoms with Crippen LogP contribution in [0.1, 0.15) is 58.3 Å². The molecule has 2 N–H and O–H groups in total. The van der Waals surface area contributed by atoms with Crippen LogP contribution in [0.15, 0.2) is 0 Å². The fraction of sp³-hybridized carbons (Fsp3) is 0.889. The number of amides is 2. The second-order valence-corrected chi connectivity index (χ2v) is 7.90. The number of nitrogens with zero attached hydrogens (tertiary/aromatic N) is 2. The van der Waals surface area contributed by atoms with Crippen LogP contribution < -0.4 is 5.73 Å². The Labute approximate surface area is 139 Å². The van der Waals surface area contributed by atoms with Crippen molar-refractivity contribution in [3.63, 3.8) is 0 Å². The van der Waals surface area contributed by atoms with E-state index in [1.165, 1.54) is 38.5 Å². The third-order valence-corrected chi connectivity index (χ3v) is 5.96. The number of primary amides is 1. The van der Waals surface area contributed by atoms with Crippen LogP contribution in [0, 0.1) is 11.8 Å². The Bertz CT molecular complexity index is 442. The van der Waals surface area contributed by atoms with Crippen molar-refractivity contribution in [1.29, 1.82) is 0 Å². The van der Waals surface area contributed by atoms with Gasteiger partial charge in [-0.2, -0.15) is 0 Å². The van der Waals surface area contributed by atoms with Crippen molar-refractivity contribution in [2.75, 3.05) is 19.6 Å². The molecule has 1 saturated heterocycles. The number of carbonyl (C=O) groups is 2. The molecule has 0 aromatic carbocycles. The summed E-state index contributed by atoms with van der Waals surface area (Å²) in [5.74, 6) is 0.614. The van der Waals surface area contributed by atoms with Crippen molar-refractivity contribution in [3.8, 4) is 0 Å². The maximum atomic E-state index is 12.7. The van der Waals surface area contributed by atoms with Gasteiger partial charge >= 0.3 is 0 Å². The fourth-order valence-electron chi connectivity index (χ4n) is 4.23. The molecule has 1 atom stereocenters. The van der Waals surface area contributed by atoms with E-state index in [0.717, 1.165) is 25.3 Å². The summed E-state index contributed by atoms with van der Waals surface area (Å²) in [4.78, 5) is 28.5. The van der Waals surface area contributed by atoms with Gasteiger partial charge in [0.2, 0.25) is 11.8 Å². The van der Waals surface area contributed by atoms with Gasteiger partial charge in [0.05, 0.1) is 12.5 Å². The summed E-state index contributed by atoms with van der Waals surface area (Å²) in [5, 5.41) is 0. The molecule has 1 unspecified atom stereocenters. The molecule has 0 spiro atoms. The Kier molecular flexibility index (Phi) is 5.24. The highest BCUT2D eigenvalue weighted by atomic mass is 16.2. The summed E-state index contributed by atoms with van der Waals surface area (Å²) in [6, 6.07) is 1.20. The molecule has 0 aromatic rings. The van der Waals surface area contributed by atoms with Crippen LogP contribution >= 0.6 is 0 Å². The van der Waals surface area contributed by atoms with Crippen LogP contribution in [0.5, 0.6) is 0 Å². The van der Waals surface area contributed by atoms with Gasteiger partial charge in [-0.15, -0.1) is 0 Å². The zero-order valence-corrected chi connectivity index (χ0v) is 14.4. The molecule has 5 nitrogen and oxygen atoms in total. The van der Waals surface area contributed by atoms with Gasteiger partial charge in [0.1, 0.15) is 0 Å². The average molecular weight is 321 g/mol. The Morgan fingerprint density at radius 3 is 2.22 bits per heavy atom. The van der Waals surface area contributed by atoms with Gasteiger partial charge in [0.15, 0.2) is 0 Å². The molecule has 3 fully saturated rings. The van der Waals surface area contributed by atoms with E-state index in [1.54, 1.807) is 0 Å². The van der Waals surface area contributed by atoms with Crippen molar-refractivity contribution >= 4 is 11.8 Å². The highest BCUT2D eigenvalue weighted by Crippen LogP contribution is 2.35. The topological polar surface area (TPSA) is 66.6 Å². The van der Waals surface area contributed by atoms with Crippen LogP contribution in [0.2, 0.25) is 0 Å². The molecule has 1 heterocycles. The number of nitrogens with two attached hydrogens (primary N) is 1. The molecule has 0 bridgehead atoms. The lowest BCUT2D eigenvalue weighted by Gasteiger charge is -2.38. The first-order chi connectivity index (χ1) is 11.0. The molecule has 0 radical (unpaired) electrons. The summed E-state index contributed by atoms with van der Waals surface area (Å²) in [7, 11) is 0. The lowest BCUT2D eigenvalue weighted by molar-refractivity contribution is -0.136. The van der Waals surface area contributed by atoms with Crippen LogP contribution in [-0.4, -0.2) is 53.3 Å². The minimum Gasteiger partial charge on any atom is -0.369 e. The molecule has 2 aliphatic carbocycles. The van der Waals surface area contributed by atoms with Crippen molar-refractivity contribution in [1.82, 2.24) is 9.80 Å². The second-order valence-electron chi connectivity index (χ2n) is 7.90. The van der Waals surface area contributed by atoms with Crippen molar-refractivity contribution in [3.05, 3.63) is 0 Å². The van der Waals surface area contributed by atoms with E-state index in [9.17, 15) is 9.59 Å². The van der Waals surface area contributed by atoms with Gasteiger partial charge in [0.25, 0.3) is 0 Å². The first kappa shape index (κ1) is 16.7. The van der Waals surface area contributed by atoms with E-state index in [1.807, 2.05) is 4.90 Å². The lowest BCUT2D eigenvalue weighted by atomic mass is 9.86. The zero-order valence-electron chi connectivity index (χ0n) is 14.4. The smallest absolute Gasteiger partial charge is 0.236 e. The first-order valence-electron chi connectivity index (χ1n) is 9.37. The van der Waals surface area contributed by atoms with Gasteiger partial charge in [-0.1, -0.05) is 6.92 Å². The number of piperidine rings is 1. The molecule has 2 amide bonds. The highest BCUT2D eigenvalue weighted by Gasteiger charge is 2.37. The summed E-state index contributed by atoms with van der Waals surface area (Å²) in [6.07, 6.45) is 9.23. The highest BCUT2D eigenvalue weighted by molar-refractivity contribution is 5.81. The van der Waals surface area contributed by atoms with Crippen molar-refractivity contribution in [2.24, 2.45) is 17.6 Å². The molecule has 3 aliphatic rings. The van der Waals surface area contributed by atoms with Gasteiger partial charge in [-0.3, -0.25) is 14.5 Å². The van der Waals surface area contributed by atoms with Crippen LogP contribution in [-0.2, 0) is 9.59 Å². The Morgan fingerprint density at radius 2 is 1.65 bits per heavy atom. The van der Waals surface area contributed by atoms with E-state index in [0.29, 0.717) is 25.2 Å². The van der Waals surface area contributed by atoms with Gasteiger partial charge in [-0.05, 0) is 57.3 Å². The number of likely N-dealkylation sites (tertiary alicyclic amines) is 1. The van der Waals surface area contributed by atoms with Crippen LogP contribution in [0.4, 0.5) is 0 Å². The molecule has 23 heavy (non-hydrogen) atoms. The summed E-state index contributed by atoms with van der Waals surface area (Å²) < 4.78 is 0. The van der Waals surface area contributed by atoms with Gasteiger partial charge in [0, 0.05) is 25.2 Å². The normalized spacial score (nSPS) is 32.1. The fourth-order valence-corrected chi connectivity index (χ4v) is 4.23. The Hall–Kier alpha value is -1.10. The molecular formula is C18H31N3O2.